The molecule has 0 saturated carbocycles. The Morgan fingerprint density at radius 3 is 2.61 bits per heavy atom. The van der Waals surface area contributed by atoms with Gasteiger partial charge in [0.25, 0.3) is 0 Å². The maximum Gasteiger partial charge on any atom is 0.161 e. The SMILES string of the molecule is CN1CCc2nc(-c3ccc(OCCN4CCOCC4)cc3)nc(NCCCON3CCOC3)c2C1. The van der Waals surface area contributed by atoms with Gasteiger partial charge in [-0.3, -0.25) is 9.74 Å². The Hall–Kier alpha value is -2.34. The topological polar surface area (TPSA) is 84.5 Å². The fourth-order valence-corrected chi connectivity index (χ4v) is 4.61. The first-order valence-corrected chi connectivity index (χ1v) is 13.1. The predicted molar refractivity (Wildman–Crippen MR) is 137 cm³/mol. The highest BCUT2D eigenvalue weighted by atomic mass is 16.7. The summed E-state index contributed by atoms with van der Waals surface area (Å²) in [4.78, 5) is 20.3. The standard InChI is InChI=1S/C26H38N6O4/c1-30-9-7-24-23(19-30)26(27-8-2-14-36-32-13-17-34-20-32)29-25(28-24)21-3-5-22(6-4-21)35-18-12-31-10-15-33-16-11-31/h3-6H,2,7-20H2,1H3,(H,27,28,29). The maximum atomic E-state index is 5.97. The third kappa shape index (κ3) is 6.90. The molecular weight excluding hydrogens is 460 g/mol. The van der Waals surface area contributed by atoms with Gasteiger partial charge < -0.3 is 24.4 Å². The van der Waals surface area contributed by atoms with Crippen LogP contribution in [0.5, 0.6) is 5.75 Å². The maximum absolute atomic E-state index is 5.97. The number of hydroxylamine groups is 2. The summed E-state index contributed by atoms with van der Waals surface area (Å²) in [7, 11) is 2.14. The van der Waals surface area contributed by atoms with Crippen LogP contribution >= 0.6 is 0 Å². The van der Waals surface area contributed by atoms with Crippen molar-refractivity contribution in [2.45, 2.75) is 19.4 Å². The van der Waals surface area contributed by atoms with Crippen LogP contribution in [0.3, 0.4) is 0 Å². The van der Waals surface area contributed by atoms with Crippen LogP contribution in [0.4, 0.5) is 5.82 Å². The van der Waals surface area contributed by atoms with E-state index < -0.39 is 0 Å². The number of benzene rings is 1. The smallest absolute Gasteiger partial charge is 0.161 e. The van der Waals surface area contributed by atoms with E-state index in [1.807, 2.05) is 17.2 Å². The zero-order chi connectivity index (χ0) is 24.6. The Labute approximate surface area is 213 Å². The van der Waals surface area contributed by atoms with Crippen molar-refractivity contribution in [1.82, 2.24) is 24.8 Å². The van der Waals surface area contributed by atoms with Crippen LogP contribution in [0, 0.1) is 0 Å². The van der Waals surface area contributed by atoms with Gasteiger partial charge in [0.2, 0.25) is 0 Å². The van der Waals surface area contributed by atoms with E-state index in [9.17, 15) is 0 Å². The molecule has 196 valence electrons. The van der Waals surface area contributed by atoms with Gasteiger partial charge in [-0.15, -0.1) is 0 Å². The molecule has 2 aromatic rings. The van der Waals surface area contributed by atoms with Gasteiger partial charge >= 0.3 is 0 Å². The van der Waals surface area contributed by atoms with E-state index in [0.29, 0.717) is 19.9 Å². The first-order chi connectivity index (χ1) is 17.7. The lowest BCUT2D eigenvalue weighted by Gasteiger charge is -2.26. The van der Waals surface area contributed by atoms with Crippen LogP contribution in [-0.4, -0.2) is 111 Å². The van der Waals surface area contributed by atoms with Crippen LogP contribution < -0.4 is 10.1 Å². The molecule has 36 heavy (non-hydrogen) atoms. The molecule has 4 heterocycles. The summed E-state index contributed by atoms with van der Waals surface area (Å²) in [5.74, 6) is 2.55. The number of nitrogens with zero attached hydrogens (tertiary/aromatic N) is 5. The lowest BCUT2D eigenvalue weighted by atomic mass is 10.1. The minimum Gasteiger partial charge on any atom is -0.492 e. The molecule has 0 spiro atoms. The van der Waals surface area contributed by atoms with Gasteiger partial charge in [0.1, 0.15) is 24.9 Å². The summed E-state index contributed by atoms with van der Waals surface area (Å²) in [6.07, 6.45) is 1.81. The largest absolute Gasteiger partial charge is 0.492 e. The highest BCUT2D eigenvalue weighted by molar-refractivity contribution is 5.61. The van der Waals surface area contributed by atoms with Crippen LogP contribution in [-0.2, 0) is 27.3 Å². The Kier molecular flexibility index (Phi) is 8.97. The third-order valence-corrected chi connectivity index (χ3v) is 6.75. The number of likely N-dealkylation sites (N-methyl/N-ethyl adjacent to an activating group) is 1. The molecule has 0 aliphatic carbocycles. The number of ether oxygens (including phenoxy) is 3. The van der Waals surface area contributed by atoms with Crippen molar-refractivity contribution in [3.8, 4) is 17.1 Å². The summed E-state index contributed by atoms with van der Waals surface area (Å²) in [5.41, 5.74) is 3.33. The fraction of sp³-hybridized carbons (Fsp3) is 0.615. The minimum absolute atomic E-state index is 0.556. The van der Waals surface area contributed by atoms with Crippen molar-refractivity contribution < 1.29 is 19.0 Å². The van der Waals surface area contributed by atoms with Gasteiger partial charge in [-0.2, -0.15) is 5.06 Å². The Morgan fingerprint density at radius 1 is 0.972 bits per heavy atom. The first-order valence-electron chi connectivity index (χ1n) is 13.1. The van der Waals surface area contributed by atoms with Gasteiger partial charge in [0.05, 0.1) is 38.7 Å². The van der Waals surface area contributed by atoms with E-state index in [1.165, 1.54) is 5.56 Å². The van der Waals surface area contributed by atoms with Crippen LogP contribution in [0.25, 0.3) is 11.4 Å². The number of hydrogen-bond donors (Lipinski definition) is 1. The average Bonchev–Trinajstić information content (AvgIpc) is 3.43. The number of aromatic nitrogens is 2. The fourth-order valence-electron chi connectivity index (χ4n) is 4.61. The molecule has 2 fully saturated rings. The molecule has 0 amide bonds. The molecule has 1 aromatic carbocycles. The highest BCUT2D eigenvalue weighted by Crippen LogP contribution is 2.28. The van der Waals surface area contributed by atoms with Gasteiger partial charge in [-0.05, 0) is 37.7 Å². The number of hydrogen-bond acceptors (Lipinski definition) is 10. The predicted octanol–water partition coefficient (Wildman–Crippen LogP) is 1.87. The molecule has 3 aliphatic rings. The molecule has 5 rings (SSSR count). The molecule has 2 saturated heterocycles. The minimum atomic E-state index is 0.556. The zero-order valence-electron chi connectivity index (χ0n) is 21.3. The van der Waals surface area contributed by atoms with E-state index in [-0.39, 0.29) is 0 Å². The molecule has 10 heteroatoms. The van der Waals surface area contributed by atoms with Crippen LogP contribution in [0.1, 0.15) is 17.7 Å². The molecule has 1 aromatic heterocycles. The summed E-state index contributed by atoms with van der Waals surface area (Å²) in [6, 6.07) is 8.13. The Balaban J connectivity index is 1.19. The van der Waals surface area contributed by atoms with Gasteiger partial charge in [-0.1, -0.05) is 0 Å². The summed E-state index contributed by atoms with van der Waals surface area (Å²) in [5, 5.41) is 5.42. The molecule has 0 atom stereocenters. The number of nitrogens with one attached hydrogen (secondary N) is 1. The molecule has 1 N–H and O–H groups in total. The molecule has 10 nitrogen and oxygen atoms in total. The average molecular weight is 499 g/mol. The summed E-state index contributed by atoms with van der Waals surface area (Å²) < 4.78 is 16.7. The van der Waals surface area contributed by atoms with Crippen molar-refractivity contribution >= 4 is 5.82 Å². The lowest BCUT2D eigenvalue weighted by Crippen LogP contribution is -2.38. The lowest BCUT2D eigenvalue weighted by molar-refractivity contribution is -0.162. The van der Waals surface area contributed by atoms with E-state index in [2.05, 4.69) is 34.3 Å². The Bertz CT molecular complexity index is 964. The van der Waals surface area contributed by atoms with E-state index >= 15 is 0 Å². The number of rotatable bonds is 11. The number of fused-ring (bicyclic) bond motifs is 1. The molecule has 0 bridgehead atoms. The number of morpholine rings is 1. The van der Waals surface area contributed by atoms with Crippen molar-refractivity contribution in [1.29, 1.82) is 0 Å². The van der Waals surface area contributed by atoms with E-state index in [1.54, 1.807) is 0 Å². The quantitative estimate of drug-likeness (QED) is 0.464. The van der Waals surface area contributed by atoms with Crippen LogP contribution in [0.15, 0.2) is 24.3 Å². The van der Waals surface area contributed by atoms with Crippen molar-refractivity contribution in [2.24, 2.45) is 0 Å². The van der Waals surface area contributed by atoms with E-state index in [0.717, 1.165) is 107 Å². The third-order valence-electron chi connectivity index (χ3n) is 6.75. The van der Waals surface area contributed by atoms with E-state index in [4.69, 9.17) is 29.0 Å². The summed E-state index contributed by atoms with van der Waals surface area (Å²) >= 11 is 0. The second-order valence-electron chi connectivity index (χ2n) is 9.49. The van der Waals surface area contributed by atoms with Gasteiger partial charge in [0.15, 0.2) is 5.82 Å². The molecule has 3 aliphatic heterocycles. The second-order valence-corrected chi connectivity index (χ2v) is 9.49. The molecule has 0 radical (unpaired) electrons. The monoisotopic (exact) mass is 498 g/mol. The highest BCUT2D eigenvalue weighted by Gasteiger charge is 2.21. The molecular formula is C26H38N6O4. The Morgan fingerprint density at radius 2 is 1.81 bits per heavy atom. The van der Waals surface area contributed by atoms with Gasteiger partial charge in [0, 0.05) is 56.8 Å². The molecule has 0 unspecified atom stereocenters. The van der Waals surface area contributed by atoms with Crippen molar-refractivity contribution in [3.05, 3.63) is 35.5 Å². The number of anilines is 1. The van der Waals surface area contributed by atoms with Crippen molar-refractivity contribution in [2.75, 3.05) is 91.4 Å². The summed E-state index contributed by atoms with van der Waals surface area (Å²) in [6.45, 7) is 10.6. The second kappa shape index (κ2) is 12.8. The normalized spacial score (nSPS) is 19.4. The van der Waals surface area contributed by atoms with Crippen LogP contribution in [0.2, 0.25) is 0 Å². The van der Waals surface area contributed by atoms with Crippen molar-refractivity contribution in [3.63, 3.8) is 0 Å². The zero-order valence-corrected chi connectivity index (χ0v) is 21.3. The van der Waals surface area contributed by atoms with Gasteiger partial charge in [-0.25, -0.2) is 9.97 Å². The first kappa shape index (κ1) is 25.3.